The van der Waals surface area contributed by atoms with Gasteiger partial charge in [0.25, 0.3) is 0 Å². The van der Waals surface area contributed by atoms with E-state index in [0.29, 0.717) is 6.10 Å². The molecule has 1 aliphatic rings. The summed E-state index contributed by atoms with van der Waals surface area (Å²) < 4.78 is 11.3. The van der Waals surface area contributed by atoms with Crippen molar-refractivity contribution in [2.75, 3.05) is 20.3 Å². The first kappa shape index (κ1) is 14.4. The summed E-state index contributed by atoms with van der Waals surface area (Å²) in [6.45, 7) is 8.20. The van der Waals surface area contributed by atoms with Gasteiger partial charge in [-0.1, -0.05) is 19.1 Å². The molecule has 2 unspecified atom stereocenters. The van der Waals surface area contributed by atoms with Gasteiger partial charge in [0.15, 0.2) is 0 Å². The maximum atomic E-state index is 5.86. The van der Waals surface area contributed by atoms with Gasteiger partial charge in [0.1, 0.15) is 5.75 Å². The van der Waals surface area contributed by atoms with Crippen LogP contribution in [0.25, 0.3) is 0 Å². The fourth-order valence-corrected chi connectivity index (χ4v) is 3.03. The predicted octanol–water partition coefficient (Wildman–Crippen LogP) is 3.14. The summed E-state index contributed by atoms with van der Waals surface area (Å²) in [6, 6.07) is 4.73. The van der Waals surface area contributed by atoms with E-state index in [-0.39, 0.29) is 6.04 Å². The molecular formula is C16H25NO2. The number of likely N-dealkylation sites (N-methyl/N-ethyl adjacent to an activating group) is 1. The molecule has 3 nitrogen and oxygen atoms in total. The summed E-state index contributed by atoms with van der Waals surface area (Å²) in [5, 5.41) is 3.57. The van der Waals surface area contributed by atoms with E-state index in [1.54, 1.807) is 7.11 Å². The Labute approximate surface area is 116 Å². The van der Waals surface area contributed by atoms with Crippen molar-refractivity contribution in [3.05, 3.63) is 28.8 Å². The van der Waals surface area contributed by atoms with E-state index < -0.39 is 0 Å². The van der Waals surface area contributed by atoms with Gasteiger partial charge >= 0.3 is 0 Å². The van der Waals surface area contributed by atoms with Gasteiger partial charge in [-0.05, 0) is 49.9 Å². The molecule has 0 saturated carbocycles. The van der Waals surface area contributed by atoms with Crippen LogP contribution in [0.4, 0.5) is 0 Å². The van der Waals surface area contributed by atoms with E-state index >= 15 is 0 Å². The van der Waals surface area contributed by atoms with Crippen LogP contribution in [-0.2, 0) is 4.74 Å². The van der Waals surface area contributed by atoms with Gasteiger partial charge < -0.3 is 14.8 Å². The van der Waals surface area contributed by atoms with E-state index in [0.717, 1.165) is 25.3 Å². The average molecular weight is 263 g/mol. The minimum absolute atomic E-state index is 0.288. The molecule has 1 aromatic carbocycles. The quantitative estimate of drug-likeness (QED) is 0.885. The molecule has 0 aromatic heterocycles. The first-order valence-electron chi connectivity index (χ1n) is 7.17. The fraction of sp³-hybridized carbons (Fsp3) is 0.625. The summed E-state index contributed by atoms with van der Waals surface area (Å²) in [5.74, 6) is 0.992. The van der Waals surface area contributed by atoms with Crippen LogP contribution in [0.15, 0.2) is 12.1 Å². The van der Waals surface area contributed by atoms with Crippen molar-refractivity contribution in [3.63, 3.8) is 0 Å². The molecule has 3 heteroatoms. The van der Waals surface area contributed by atoms with Gasteiger partial charge in [-0.25, -0.2) is 0 Å². The second-order valence-corrected chi connectivity index (χ2v) is 5.27. The molecule has 1 heterocycles. The molecule has 1 aliphatic heterocycles. The Hall–Kier alpha value is -1.06. The largest absolute Gasteiger partial charge is 0.496 e. The lowest BCUT2D eigenvalue weighted by atomic mass is 9.95. The fourth-order valence-electron chi connectivity index (χ4n) is 3.03. The highest BCUT2D eigenvalue weighted by atomic mass is 16.5. The Morgan fingerprint density at radius 3 is 2.53 bits per heavy atom. The molecule has 2 rings (SSSR count). The Bertz CT molecular complexity index is 402. The van der Waals surface area contributed by atoms with Crippen LogP contribution in [-0.4, -0.2) is 26.4 Å². The molecular weight excluding hydrogens is 238 g/mol. The standard InChI is InChI=1S/C16H25NO2/c1-5-17-15(14-7-6-8-19-14)13-9-11(2)16(18-4)12(3)10-13/h9-10,14-15,17H,5-8H2,1-4H3. The highest BCUT2D eigenvalue weighted by Crippen LogP contribution is 2.32. The molecule has 106 valence electrons. The van der Waals surface area contributed by atoms with Crippen molar-refractivity contribution in [1.29, 1.82) is 0 Å². The normalized spacial score (nSPS) is 20.5. The number of aryl methyl sites for hydroxylation is 2. The summed E-state index contributed by atoms with van der Waals surface area (Å²) in [6.07, 6.45) is 2.61. The number of hydrogen-bond donors (Lipinski definition) is 1. The summed E-state index contributed by atoms with van der Waals surface area (Å²) >= 11 is 0. The Kier molecular flexibility index (Phi) is 4.83. The van der Waals surface area contributed by atoms with Crippen LogP contribution < -0.4 is 10.1 Å². The molecule has 0 radical (unpaired) electrons. The van der Waals surface area contributed by atoms with Gasteiger partial charge in [0.2, 0.25) is 0 Å². The summed E-state index contributed by atoms with van der Waals surface area (Å²) in [5.41, 5.74) is 3.70. The second-order valence-electron chi connectivity index (χ2n) is 5.27. The van der Waals surface area contributed by atoms with Crippen LogP contribution in [0.5, 0.6) is 5.75 Å². The second kappa shape index (κ2) is 6.40. The van der Waals surface area contributed by atoms with Crippen molar-refractivity contribution in [2.45, 2.75) is 45.8 Å². The zero-order chi connectivity index (χ0) is 13.8. The monoisotopic (exact) mass is 263 g/mol. The number of hydrogen-bond acceptors (Lipinski definition) is 3. The molecule has 1 fully saturated rings. The van der Waals surface area contributed by atoms with Gasteiger partial charge in [-0.2, -0.15) is 0 Å². The van der Waals surface area contributed by atoms with Crippen molar-refractivity contribution in [3.8, 4) is 5.75 Å². The lowest BCUT2D eigenvalue weighted by Crippen LogP contribution is -2.31. The Morgan fingerprint density at radius 1 is 1.37 bits per heavy atom. The van der Waals surface area contributed by atoms with Crippen molar-refractivity contribution < 1.29 is 9.47 Å². The zero-order valence-electron chi connectivity index (χ0n) is 12.5. The van der Waals surface area contributed by atoms with Crippen molar-refractivity contribution >= 4 is 0 Å². The third-order valence-corrected chi connectivity index (χ3v) is 3.81. The lowest BCUT2D eigenvalue weighted by Gasteiger charge is -2.25. The third-order valence-electron chi connectivity index (χ3n) is 3.81. The molecule has 1 saturated heterocycles. The van der Waals surface area contributed by atoms with E-state index in [1.807, 2.05) is 0 Å². The number of methoxy groups -OCH3 is 1. The van der Waals surface area contributed by atoms with Crippen LogP contribution in [0, 0.1) is 13.8 Å². The minimum atomic E-state index is 0.288. The maximum absolute atomic E-state index is 5.86. The van der Waals surface area contributed by atoms with Crippen molar-refractivity contribution in [2.24, 2.45) is 0 Å². The molecule has 1 N–H and O–H groups in total. The summed E-state index contributed by atoms with van der Waals surface area (Å²) in [4.78, 5) is 0. The van der Waals surface area contributed by atoms with Crippen LogP contribution in [0.2, 0.25) is 0 Å². The first-order valence-corrected chi connectivity index (χ1v) is 7.17. The first-order chi connectivity index (χ1) is 9.17. The van der Waals surface area contributed by atoms with Crippen LogP contribution >= 0.6 is 0 Å². The van der Waals surface area contributed by atoms with E-state index in [4.69, 9.17) is 9.47 Å². The summed E-state index contributed by atoms with van der Waals surface area (Å²) in [7, 11) is 1.73. The molecule has 19 heavy (non-hydrogen) atoms. The van der Waals surface area contributed by atoms with E-state index in [2.05, 4.69) is 38.2 Å². The Morgan fingerprint density at radius 2 is 2.05 bits per heavy atom. The average Bonchev–Trinajstić information content (AvgIpc) is 2.89. The van der Waals surface area contributed by atoms with Gasteiger partial charge in [0, 0.05) is 6.61 Å². The predicted molar refractivity (Wildman–Crippen MR) is 77.9 cm³/mol. The molecule has 0 aliphatic carbocycles. The van der Waals surface area contributed by atoms with Gasteiger partial charge in [-0.3, -0.25) is 0 Å². The molecule has 0 spiro atoms. The van der Waals surface area contributed by atoms with E-state index in [1.165, 1.54) is 23.1 Å². The van der Waals surface area contributed by atoms with Gasteiger partial charge in [0.05, 0.1) is 19.3 Å². The number of nitrogens with one attached hydrogen (secondary N) is 1. The van der Waals surface area contributed by atoms with Crippen LogP contribution in [0.1, 0.15) is 42.5 Å². The van der Waals surface area contributed by atoms with E-state index in [9.17, 15) is 0 Å². The molecule has 2 atom stereocenters. The minimum Gasteiger partial charge on any atom is -0.496 e. The highest BCUT2D eigenvalue weighted by molar-refractivity contribution is 5.44. The lowest BCUT2D eigenvalue weighted by molar-refractivity contribution is 0.0787. The van der Waals surface area contributed by atoms with Gasteiger partial charge in [-0.15, -0.1) is 0 Å². The zero-order valence-corrected chi connectivity index (χ0v) is 12.5. The highest BCUT2D eigenvalue weighted by Gasteiger charge is 2.27. The number of benzene rings is 1. The number of rotatable bonds is 5. The maximum Gasteiger partial charge on any atom is 0.124 e. The smallest absolute Gasteiger partial charge is 0.124 e. The van der Waals surface area contributed by atoms with Crippen molar-refractivity contribution in [1.82, 2.24) is 5.32 Å². The number of ether oxygens (including phenoxy) is 2. The SMILES string of the molecule is CCNC(c1cc(C)c(OC)c(C)c1)C1CCCO1. The molecule has 0 amide bonds. The van der Waals surface area contributed by atoms with Crippen LogP contribution in [0.3, 0.4) is 0 Å². The Balaban J connectivity index is 2.30. The molecule has 1 aromatic rings. The molecule has 0 bridgehead atoms. The topological polar surface area (TPSA) is 30.5 Å². The third kappa shape index (κ3) is 3.10.